The normalized spacial score (nSPS) is 10.0. The van der Waals surface area contributed by atoms with E-state index in [0.717, 1.165) is 18.8 Å². The summed E-state index contributed by atoms with van der Waals surface area (Å²) in [5.74, 6) is 0.383. The molecule has 0 bridgehead atoms. The highest BCUT2D eigenvalue weighted by Gasteiger charge is 2.04. The maximum absolute atomic E-state index is 11.2. The zero-order valence-electron chi connectivity index (χ0n) is 9.94. The third kappa shape index (κ3) is 4.84. The van der Waals surface area contributed by atoms with Gasteiger partial charge in [0.05, 0.1) is 12.7 Å². The van der Waals surface area contributed by atoms with Gasteiger partial charge in [-0.05, 0) is 24.3 Å². The number of carbonyl (C=O) groups is 1. The molecule has 0 heterocycles. The average molecular weight is 238 g/mol. The maximum atomic E-state index is 11.2. The Kier molecular flexibility index (Phi) is 6.06. The lowest BCUT2D eigenvalue weighted by atomic mass is 10.2. The van der Waals surface area contributed by atoms with Gasteiger partial charge in [0.25, 0.3) is 0 Å². The fourth-order valence-electron chi connectivity index (χ4n) is 1.27. The van der Waals surface area contributed by atoms with Gasteiger partial charge in [0.2, 0.25) is 0 Å². The van der Waals surface area contributed by atoms with E-state index in [1.165, 1.54) is 7.11 Å². The van der Waals surface area contributed by atoms with Gasteiger partial charge in [-0.2, -0.15) is 0 Å². The van der Waals surface area contributed by atoms with Crippen molar-refractivity contribution in [3.8, 4) is 5.75 Å². The smallest absolute Gasteiger partial charge is 0.337 e. The first-order valence-corrected chi connectivity index (χ1v) is 5.50. The lowest BCUT2D eigenvalue weighted by Gasteiger charge is -2.07. The molecule has 0 aliphatic heterocycles. The van der Waals surface area contributed by atoms with Gasteiger partial charge >= 0.3 is 5.97 Å². The fourth-order valence-corrected chi connectivity index (χ4v) is 1.27. The number of methoxy groups -OCH3 is 1. The van der Waals surface area contributed by atoms with Crippen molar-refractivity contribution in [1.29, 1.82) is 0 Å². The molecule has 0 radical (unpaired) electrons. The van der Waals surface area contributed by atoms with Gasteiger partial charge in [0.1, 0.15) is 12.4 Å². The van der Waals surface area contributed by atoms with Gasteiger partial charge in [-0.3, -0.25) is 0 Å². The Bertz CT molecular complexity index is 338. The Morgan fingerprint density at radius 3 is 2.59 bits per heavy atom. The highest BCUT2D eigenvalue weighted by atomic mass is 16.5. The molecule has 0 saturated carbocycles. The number of carbonyl (C=O) groups excluding carboxylic acids is 1. The number of nitrogens with one attached hydrogen (secondary N) is 1. The summed E-state index contributed by atoms with van der Waals surface area (Å²) in [6, 6.07) is 6.84. The monoisotopic (exact) mass is 238 g/mol. The van der Waals surface area contributed by atoms with Crippen molar-refractivity contribution >= 4 is 5.97 Å². The number of hydrogen-bond donors (Lipinski definition) is 2. The van der Waals surface area contributed by atoms with E-state index in [0.29, 0.717) is 18.7 Å². The molecule has 0 amide bonds. The zero-order valence-corrected chi connectivity index (χ0v) is 9.94. The van der Waals surface area contributed by atoms with Crippen LogP contribution in [0.4, 0.5) is 0 Å². The molecule has 5 nitrogen and oxygen atoms in total. The number of hydrogen-bond acceptors (Lipinski definition) is 5. The molecule has 1 aromatic carbocycles. The van der Waals surface area contributed by atoms with E-state index in [2.05, 4.69) is 10.1 Å². The minimum absolute atomic E-state index is 0.346. The molecule has 5 heteroatoms. The first-order chi connectivity index (χ1) is 8.27. The number of esters is 1. The van der Waals surface area contributed by atoms with Crippen LogP contribution in [-0.4, -0.2) is 39.3 Å². The molecule has 0 saturated heterocycles. The first kappa shape index (κ1) is 13.5. The molecule has 3 N–H and O–H groups in total. The van der Waals surface area contributed by atoms with Crippen LogP contribution in [0.15, 0.2) is 24.3 Å². The largest absolute Gasteiger partial charge is 0.492 e. The highest BCUT2D eigenvalue weighted by molar-refractivity contribution is 5.89. The van der Waals surface area contributed by atoms with Crippen LogP contribution in [0.3, 0.4) is 0 Å². The summed E-state index contributed by atoms with van der Waals surface area (Å²) in [5, 5.41) is 3.12. The van der Waals surface area contributed by atoms with Crippen LogP contribution in [0.2, 0.25) is 0 Å². The summed E-state index contributed by atoms with van der Waals surface area (Å²) >= 11 is 0. The van der Waals surface area contributed by atoms with Crippen molar-refractivity contribution in [2.75, 3.05) is 33.4 Å². The minimum atomic E-state index is -0.346. The van der Waals surface area contributed by atoms with Crippen molar-refractivity contribution in [2.45, 2.75) is 0 Å². The Morgan fingerprint density at radius 1 is 1.29 bits per heavy atom. The molecule has 17 heavy (non-hydrogen) atoms. The molecule has 0 fully saturated rings. The second-order valence-corrected chi connectivity index (χ2v) is 3.40. The van der Waals surface area contributed by atoms with E-state index < -0.39 is 0 Å². The molecule has 0 unspecified atom stereocenters. The standard InChI is InChI=1S/C12H18N2O3/c1-16-12(15)10-2-4-11(5-3-10)17-9-8-14-7-6-13/h2-5,14H,6-9,13H2,1H3. The maximum Gasteiger partial charge on any atom is 0.337 e. The van der Waals surface area contributed by atoms with Crippen LogP contribution < -0.4 is 15.8 Å². The summed E-state index contributed by atoms with van der Waals surface area (Å²) in [7, 11) is 1.36. The third-order valence-corrected chi connectivity index (χ3v) is 2.14. The van der Waals surface area contributed by atoms with Gasteiger partial charge < -0.3 is 20.5 Å². The van der Waals surface area contributed by atoms with Crippen molar-refractivity contribution < 1.29 is 14.3 Å². The zero-order chi connectivity index (χ0) is 12.5. The van der Waals surface area contributed by atoms with Gasteiger partial charge in [0.15, 0.2) is 0 Å². The Hall–Kier alpha value is -1.59. The predicted molar refractivity (Wildman–Crippen MR) is 65.2 cm³/mol. The summed E-state index contributed by atoms with van der Waals surface area (Å²) in [6.45, 7) is 2.71. The molecule has 1 rings (SSSR count). The first-order valence-electron chi connectivity index (χ1n) is 5.50. The van der Waals surface area contributed by atoms with Gasteiger partial charge in [-0.25, -0.2) is 4.79 Å². The van der Waals surface area contributed by atoms with E-state index in [1.807, 2.05) is 0 Å². The number of nitrogens with two attached hydrogens (primary N) is 1. The molecular weight excluding hydrogens is 220 g/mol. The van der Waals surface area contributed by atoms with Crippen LogP contribution in [-0.2, 0) is 4.74 Å². The molecular formula is C12H18N2O3. The SMILES string of the molecule is COC(=O)c1ccc(OCCNCCN)cc1. The Labute approximate surface area is 101 Å². The number of ether oxygens (including phenoxy) is 2. The van der Waals surface area contributed by atoms with E-state index in [-0.39, 0.29) is 5.97 Å². The van der Waals surface area contributed by atoms with E-state index in [9.17, 15) is 4.79 Å². The highest BCUT2D eigenvalue weighted by Crippen LogP contribution is 2.12. The van der Waals surface area contributed by atoms with Crippen LogP contribution in [0.25, 0.3) is 0 Å². The number of rotatable bonds is 7. The van der Waals surface area contributed by atoms with E-state index >= 15 is 0 Å². The van der Waals surface area contributed by atoms with Crippen LogP contribution in [0.5, 0.6) is 5.75 Å². The Morgan fingerprint density at radius 2 is 2.00 bits per heavy atom. The van der Waals surface area contributed by atoms with Crippen molar-refractivity contribution in [3.63, 3.8) is 0 Å². The average Bonchev–Trinajstić information content (AvgIpc) is 2.38. The quantitative estimate of drug-likeness (QED) is 0.531. The molecule has 0 spiro atoms. The molecule has 0 aromatic heterocycles. The van der Waals surface area contributed by atoms with Crippen molar-refractivity contribution in [2.24, 2.45) is 5.73 Å². The molecule has 0 aliphatic carbocycles. The molecule has 0 atom stereocenters. The third-order valence-electron chi connectivity index (χ3n) is 2.14. The van der Waals surface area contributed by atoms with Crippen molar-refractivity contribution in [3.05, 3.63) is 29.8 Å². The topological polar surface area (TPSA) is 73.6 Å². The second kappa shape index (κ2) is 7.65. The number of benzene rings is 1. The minimum Gasteiger partial charge on any atom is -0.492 e. The van der Waals surface area contributed by atoms with Gasteiger partial charge in [-0.15, -0.1) is 0 Å². The Balaban J connectivity index is 2.33. The summed E-state index contributed by atoms with van der Waals surface area (Å²) in [4.78, 5) is 11.2. The van der Waals surface area contributed by atoms with Gasteiger partial charge in [0, 0.05) is 19.6 Å². The lowest BCUT2D eigenvalue weighted by molar-refractivity contribution is 0.0600. The molecule has 0 aliphatic rings. The van der Waals surface area contributed by atoms with Crippen molar-refractivity contribution in [1.82, 2.24) is 5.32 Å². The van der Waals surface area contributed by atoms with E-state index in [1.54, 1.807) is 24.3 Å². The molecule has 1 aromatic rings. The fraction of sp³-hybridized carbons (Fsp3) is 0.417. The molecule has 94 valence electrons. The summed E-state index contributed by atoms with van der Waals surface area (Å²) in [6.07, 6.45) is 0. The summed E-state index contributed by atoms with van der Waals surface area (Å²) < 4.78 is 10.1. The van der Waals surface area contributed by atoms with E-state index in [4.69, 9.17) is 10.5 Å². The van der Waals surface area contributed by atoms with Crippen LogP contribution >= 0.6 is 0 Å². The van der Waals surface area contributed by atoms with Crippen LogP contribution in [0.1, 0.15) is 10.4 Å². The lowest BCUT2D eigenvalue weighted by Crippen LogP contribution is -2.26. The second-order valence-electron chi connectivity index (χ2n) is 3.40. The van der Waals surface area contributed by atoms with Gasteiger partial charge in [-0.1, -0.05) is 0 Å². The predicted octanol–water partition coefficient (Wildman–Crippen LogP) is 0.400. The summed E-state index contributed by atoms with van der Waals surface area (Å²) in [5.41, 5.74) is 5.85. The van der Waals surface area contributed by atoms with Crippen LogP contribution in [0, 0.1) is 0 Å².